The van der Waals surface area contributed by atoms with Crippen LogP contribution in [-0.2, 0) is 6.54 Å². The standard InChI is InChI=1S/C16H26N2/c1-3-5-14-7-9-15(10-8-14)18-12-16-13(2)6-4-11-17-16/h4,6,11,14-15,18H,3,5,7-10,12H2,1-2H3. The van der Waals surface area contributed by atoms with Gasteiger partial charge in [0.2, 0.25) is 0 Å². The maximum absolute atomic E-state index is 4.44. The highest BCUT2D eigenvalue weighted by Gasteiger charge is 2.20. The molecule has 1 aromatic heterocycles. The molecule has 0 spiro atoms. The van der Waals surface area contributed by atoms with Gasteiger partial charge in [-0.25, -0.2) is 0 Å². The molecule has 1 N–H and O–H groups in total. The summed E-state index contributed by atoms with van der Waals surface area (Å²) in [6.07, 6.45) is 10.2. The summed E-state index contributed by atoms with van der Waals surface area (Å²) in [4.78, 5) is 4.44. The number of aromatic nitrogens is 1. The number of hydrogen-bond donors (Lipinski definition) is 1. The summed E-state index contributed by atoms with van der Waals surface area (Å²) in [6.45, 7) is 5.37. The second-order valence-electron chi connectivity index (χ2n) is 5.65. The zero-order chi connectivity index (χ0) is 12.8. The quantitative estimate of drug-likeness (QED) is 0.854. The van der Waals surface area contributed by atoms with Gasteiger partial charge < -0.3 is 5.32 Å². The van der Waals surface area contributed by atoms with E-state index in [0.29, 0.717) is 6.04 Å². The largest absolute Gasteiger partial charge is 0.308 e. The van der Waals surface area contributed by atoms with E-state index in [-0.39, 0.29) is 0 Å². The maximum Gasteiger partial charge on any atom is 0.0570 e. The molecule has 1 aromatic rings. The molecular weight excluding hydrogens is 220 g/mol. The molecule has 100 valence electrons. The van der Waals surface area contributed by atoms with Crippen molar-refractivity contribution in [1.29, 1.82) is 0 Å². The van der Waals surface area contributed by atoms with Crippen LogP contribution in [-0.4, -0.2) is 11.0 Å². The lowest BCUT2D eigenvalue weighted by molar-refractivity contribution is 0.277. The Bertz CT molecular complexity index is 354. The van der Waals surface area contributed by atoms with Crippen molar-refractivity contribution in [3.05, 3.63) is 29.6 Å². The lowest BCUT2D eigenvalue weighted by Crippen LogP contribution is -2.33. The van der Waals surface area contributed by atoms with Crippen LogP contribution in [0, 0.1) is 12.8 Å². The normalized spacial score (nSPS) is 24.1. The average Bonchev–Trinajstić information content (AvgIpc) is 2.40. The number of pyridine rings is 1. The van der Waals surface area contributed by atoms with Crippen molar-refractivity contribution in [2.75, 3.05) is 0 Å². The summed E-state index contributed by atoms with van der Waals surface area (Å²) in [5.41, 5.74) is 2.50. The molecule has 1 saturated carbocycles. The molecule has 0 aliphatic heterocycles. The minimum absolute atomic E-state index is 0.708. The zero-order valence-corrected chi connectivity index (χ0v) is 11.8. The monoisotopic (exact) mass is 246 g/mol. The molecule has 2 rings (SSSR count). The Morgan fingerprint density at radius 3 is 2.72 bits per heavy atom. The maximum atomic E-state index is 4.44. The van der Waals surface area contributed by atoms with E-state index in [1.807, 2.05) is 12.3 Å². The van der Waals surface area contributed by atoms with Gasteiger partial charge in [-0.3, -0.25) is 4.98 Å². The highest BCUT2D eigenvalue weighted by molar-refractivity contribution is 5.17. The minimum Gasteiger partial charge on any atom is -0.308 e. The van der Waals surface area contributed by atoms with Crippen LogP contribution in [0.1, 0.15) is 56.7 Å². The molecule has 2 heteroatoms. The molecule has 0 saturated heterocycles. The van der Waals surface area contributed by atoms with Crippen LogP contribution >= 0.6 is 0 Å². The molecule has 0 amide bonds. The van der Waals surface area contributed by atoms with Crippen molar-refractivity contribution in [2.24, 2.45) is 5.92 Å². The van der Waals surface area contributed by atoms with Crippen LogP contribution in [0.15, 0.2) is 18.3 Å². The molecule has 18 heavy (non-hydrogen) atoms. The van der Waals surface area contributed by atoms with E-state index in [4.69, 9.17) is 0 Å². The highest BCUT2D eigenvalue weighted by atomic mass is 14.9. The number of nitrogens with zero attached hydrogens (tertiary/aromatic N) is 1. The second kappa shape index (κ2) is 6.89. The van der Waals surface area contributed by atoms with Crippen molar-refractivity contribution in [2.45, 2.75) is 65.0 Å². The smallest absolute Gasteiger partial charge is 0.0570 e. The van der Waals surface area contributed by atoms with Gasteiger partial charge in [0.1, 0.15) is 0 Å². The Hall–Kier alpha value is -0.890. The van der Waals surface area contributed by atoms with Gasteiger partial charge in [0, 0.05) is 18.8 Å². The summed E-state index contributed by atoms with van der Waals surface area (Å²) in [5, 5.41) is 3.68. The lowest BCUT2D eigenvalue weighted by atomic mass is 9.83. The fraction of sp³-hybridized carbons (Fsp3) is 0.688. The Morgan fingerprint density at radius 2 is 2.06 bits per heavy atom. The highest BCUT2D eigenvalue weighted by Crippen LogP contribution is 2.27. The molecule has 1 aliphatic carbocycles. The number of rotatable bonds is 5. The van der Waals surface area contributed by atoms with Gasteiger partial charge in [0.25, 0.3) is 0 Å². The molecular formula is C16H26N2. The van der Waals surface area contributed by atoms with Crippen LogP contribution in [0.25, 0.3) is 0 Å². The van der Waals surface area contributed by atoms with E-state index in [0.717, 1.165) is 12.5 Å². The van der Waals surface area contributed by atoms with E-state index in [1.165, 1.54) is 49.8 Å². The van der Waals surface area contributed by atoms with Crippen molar-refractivity contribution in [3.63, 3.8) is 0 Å². The third kappa shape index (κ3) is 3.81. The minimum atomic E-state index is 0.708. The fourth-order valence-corrected chi connectivity index (χ4v) is 3.01. The van der Waals surface area contributed by atoms with Gasteiger partial charge in [-0.15, -0.1) is 0 Å². The first kappa shape index (κ1) is 13.5. The first-order valence-electron chi connectivity index (χ1n) is 7.43. The number of nitrogens with one attached hydrogen (secondary N) is 1. The van der Waals surface area contributed by atoms with E-state index < -0.39 is 0 Å². The average molecular weight is 246 g/mol. The van der Waals surface area contributed by atoms with Gasteiger partial charge in [-0.2, -0.15) is 0 Å². The van der Waals surface area contributed by atoms with Crippen LogP contribution in [0.4, 0.5) is 0 Å². The Balaban J connectivity index is 1.74. The SMILES string of the molecule is CCCC1CCC(NCc2ncccc2C)CC1. The van der Waals surface area contributed by atoms with E-state index in [1.54, 1.807) is 0 Å². The van der Waals surface area contributed by atoms with Crippen molar-refractivity contribution >= 4 is 0 Å². The molecule has 1 aliphatic rings. The third-order valence-electron chi connectivity index (χ3n) is 4.22. The Morgan fingerprint density at radius 1 is 1.28 bits per heavy atom. The van der Waals surface area contributed by atoms with Crippen LogP contribution in [0.2, 0.25) is 0 Å². The van der Waals surface area contributed by atoms with Crippen LogP contribution in [0.3, 0.4) is 0 Å². The zero-order valence-electron chi connectivity index (χ0n) is 11.8. The Kier molecular flexibility index (Phi) is 5.18. The van der Waals surface area contributed by atoms with Gasteiger partial charge in [0.05, 0.1) is 5.69 Å². The van der Waals surface area contributed by atoms with Gasteiger partial charge in [0.15, 0.2) is 0 Å². The molecule has 0 bridgehead atoms. The first-order chi connectivity index (χ1) is 8.79. The van der Waals surface area contributed by atoms with E-state index in [2.05, 4.69) is 30.2 Å². The molecule has 1 fully saturated rings. The van der Waals surface area contributed by atoms with Crippen LogP contribution < -0.4 is 5.32 Å². The summed E-state index contributed by atoms with van der Waals surface area (Å²) in [5.74, 6) is 0.990. The van der Waals surface area contributed by atoms with Gasteiger partial charge in [-0.1, -0.05) is 25.8 Å². The summed E-state index contributed by atoms with van der Waals surface area (Å²) < 4.78 is 0. The third-order valence-corrected chi connectivity index (χ3v) is 4.22. The predicted octanol–water partition coefficient (Wildman–Crippen LogP) is 3.84. The first-order valence-corrected chi connectivity index (χ1v) is 7.43. The molecule has 0 atom stereocenters. The number of hydrogen-bond acceptors (Lipinski definition) is 2. The van der Waals surface area contributed by atoms with Crippen molar-refractivity contribution in [3.8, 4) is 0 Å². The number of aryl methyl sites for hydroxylation is 1. The lowest BCUT2D eigenvalue weighted by Gasteiger charge is -2.29. The van der Waals surface area contributed by atoms with E-state index >= 15 is 0 Å². The molecule has 0 unspecified atom stereocenters. The molecule has 0 aromatic carbocycles. The van der Waals surface area contributed by atoms with Crippen molar-refractivity contribution in [1.82, 2.24) is 10.3 Å². The topological polar surface area (TPSA) is 24.9 Å². The fourth-order valence-electron chi connectivity index (χ4n) is 3.01. The van der Waals surface area contributed by atoms with Crippen LogP contribution in [0.5, 0.6) is 0 Å². The summed E-state index contributed by atoms with van der Waals surface area (Å²) >= 11 is 0. The molecule has 0 radical (unpaired) electrons. The van der Waals surface area contributed by atoms with Gasteiger partial charge in [-0.05, 0) is 50.2 Å². The second-order valence-corrected chi connectivity index (χ2v) is 5.65. The summed E-state index contributed by atoms with van der Waals surface area (Å²) in [7, 11) is 0. The van der Waals surface area contributed by atoms with E-state index in [9.17, 15) is 0 Å². The summed E-state index contributed by atoms with van der Waals surface area (Å²) in [6, 6.07) is 4.86. The van der Waals surface area contributed by atoms with Gasteiger partial charge >= 0.3 is 0 Å². The Labute approximate surface area is 111 Å². The molecule has 1 heterocycles. The molecule has 2 nitrogen and oxygen atoms in total. The van der Waals surface area contributed by atoms with Crippen molar-refractivity contribution < 1.29 is 0 Å². The predicted molar refractivity (Wildman–Crippen MR) is 76.5 cm³/mol.